The molecule has 0 saturated carbocycles. The van der Waals surface area contributed by atoms with Gasteiger partial charge in [-0.2, -0.15) is 0 Å². The number of fused-ring (bicyclic) bond motifs is 8. The number of nitrogens with one attached hydrogen (secondary N) is 2. The first kappa shape index (κ1) is 39.9. The summed E-state index contributed by atoms with van der Waals surface area (Å²) in [4.78, 5) is 56.5. The minimum absolute atomic E-state index is 0.205. The van der Waals surface area contributed by atoms with Crippen molar-refractivity contribution in [1.29, 1.82) is 0 Å². The summed E-state index contributed by atoms with van der Waals surface area (Å²) in [7, 11) is 4.21. The third kappa shape index (κ3) is 7.32. The Morgan fingerprint density at radius 3 is 1.88 bits per heavy atom. The smallest absolute Gasteiger partial charge is 0.338 e. The van der Waals surface area contributed by atoms with Gasteiger partial charge in [-0.25, -0.2) is 14.8 Å². The molecule has 4 aromatic rings. The lowest BCUT2D eigenvalue weighted by atomic mass is 9.91. The molecule has 292 valence electrons. The van der Waals surface area contributed by atoms with Crippen LogP contribution >= 0.6 is 0 Å². The molecular formula is C46H52N4O6. The van der Waals surface area contributed by atoms with Gasteiger partial charge in [0.15, 0.2) is 0 Å². The first-order valence-electron chi connectivity index (χ1n) is 19.6. The molecule has 8 bridgehead atoms. The third-order valence-corrected chi connectivity index (χ3v) is 11.2. The van der Waals surface area contributed by atoms with E-state index < -0.39 is 5.97 Å². The number of methoxy groups -OCH3 is 3. The Kier molecular flexibility index (Phi) is 12.1. The van der Waals surface area contributed by atoms with Gasteiger partial charge in [-0.3, -0.25) is 9.59 Å². The lowest BCUT2D eigenvalue weighted by molar-refractivity contribution is -0.141. The molecule has 0 radical (unpaired) electrons. The second kappa shape index (κ2) is 16.9. The third-order valence-electron chi connectivity index (χ3n) is 11.2. The maximum Gasteiger partial charge on any atom is 0.338 e. The second-order valence-corrected chi connectivity index (χ2v) is 14.1. The van der Waals surface area contributed by atoms with Gasteiger partial charge in [0.2, 0.25) is 0 Å². The van der Waals surface area contributed by atoms with Crippen molar-refractivity contribution in [1.82, 2.24) is 19.9 Å². The highest BCUT2D eigenvalue weighted by Crippen LogP contribution is 2.44. The van der Waals surface area contributed by atoms with Crippen molar-refractivity contribution in [2.24, 2.45) is 0 Å². The number of H-pyrrole nitrogens is 2. The Balaban J connectivity index is 1.86. The van der Waals surface area contributed by atoms with E-state index in [-0.39, 0.29) is 24.8 Å². The number of allylic oxidation sites excluding steroid dienone is 4. The Hall–Kier alpha value is -5.77. The van der Waals surface area contributed by atoms with Crippen molar-refractivity contribution in [2.75, 3.05) is 21.3 Å². The number of aromatic nitrogens is 4. The molecule has 3 aromatic heterocycles. The van der Waals surface area contributed by atoms with Gasteiger partial charge in [-0.05, 0) is 121 Å². The number of rotatable bonds is 12. The van der Waals surface area contributed by atoms with E-state index in [4.69, 9.17) is 24.2 Å². The zero-order chi connectivity index (χ0) is 40.3. The zero-order valence-corrected chi connectivity index (χ0v) is 34.0. The lowest BCUT2D eigenvalue weighted by Gasteiger charge is -2.13. The highest BCUT2D eigenvalue weighted by atomic mass is 16.5. The molecule has 0 atom stereocenters. The molecule has 5 heterocycles. The van der Waals surface area contributed by atoms with Gasteiger partial charge >= 0.3 is 17.9 Å². The number of carbonyl (C=O) groups is 3. The standard InChI is InChI=1S/C46H52N4O6/c1-10-27-29(12-3)44-43(33-16-14-15-17-34(33)46(53)56-9)45-30(13-4)28(11-2)38(50-45)23-36-26(6)32(19-21-42(52)55-8)40(48-36)24-39-31(18-20-41(51)54-7)25(5)35(47-39)22-37(27)49-44/h14-17,22-24,47,50H,10-13,18-21H2,1-9H3. The Morgan fingerprint density at radius 2 is 1.23 bits per heavy atom. The summed E-state index contributed by atoms with van der Waals surface area (Å²) in [6.45, 7) is 12.7. The fourth-order valence-electron chi connectivity index (χ4n) is 8.29. The molecule has 0 unspecified atom stereocenters. The van der Waals surface area contributed by atoms with Gasteiger partial charge in [-0.15, -0.1) is 0 Å². The molecule has 56 heavy (non-hydrogen) atoms. The molecule has 10 heteroatoms. The van der Waals surface area contributed by atoms with Gasteiger partial charge < -0.3 is 24.2 Å². The summed E-state index contributed by atoms with van der Waals surface area (Å²) < 4.78 is 15.4. The van der Waals surface area contributed by atoms with E-state index in [9.17, 15) is 14.4 Å². The minimum atomic E-state index is -0.423. The molecule has 6 rings (SSSR count). The predicted octanol–water partition coefficient (Wildman–Crippen LogP) is 9.92. The highest BCUT2D eigenvalue weighted by molar-refractivity contribution is 6.06. The molecule has 2 N–H and O–H groups in total. The summed E-state index contributed by atoms with van der Waals surface area (Å²) in [5, 5.41) is 0. The van der Waals surface area contributed by atoms with E-state index in [1.807, 2.05) is 37.3 Å². The Bertz CT molecular complexity index is 2460. The van der Waals surface area contributed by atoms with Crippen LogP contribution in [-0.2, 0) is 43.1 Å². The van der Waals surface area contributed by atoms with Gasteiger partial charge in [0.25, 0.3) is 0 Å². The van der Waals surface area contributed by atoms with Crippen molar-refractivity contribution in [2.45, 2.75) is 92.9 Å². The van der Waals surface area contributed by atoms with Crippen LogP contribution < -0.4 is 0 Å². The summed E-state index contributed by atoms with van der Waals surface area (Å²) in [5.74, 6) is -1.01. The van der Waals surface area contributed by atoms with Crippen molar-refractivity contribution in [3.05, 3.63) is 93.1 Å². The number of esters is 3. The molecule has 0 saturated heterocycles. The molecule has 0 fully saturated rings. The fraction of sp³-hybridized carbons (Fsp3) is 0.370. The van der Waals surface area contributed by atoms with E-state index in [0.717, 1.165) is 126 Å². The van der Waals surface area contributed by atoms with Crippen LogP contribution in [0.3, 0.4) is 0 Å². The monoisotopic (exact) mass is 756 g/mol. The second-order valence-electron chi connectivity index (χ2n) is 14.1. The van der Waals surface area contributed by atoms with Crippen molar-refractivity contribution < 1.29 is 28.6 Å². The van der Waals surface area contributed by atoms with Gasteiger partial charge in [0, 0.05) is 40.5 Å². The largest absolute Gasteiger partial charge is 0.469 e. The SMILES string of the molecule is CCC1=C(CC)c2nc1cc1[nH]c(cc3nc(cc4[nH]c(c(CC)c4CC)c2-c2ccccc2C(=O)OC)C(C)=C3CCC(=O)OC)c(CCC(=O)OC)c1C. The molecule has 0 aliphatic carbocycles. The normalized spacial score (nSPS) is 12.7. The molecule has 0 amide bonds. The first-order valence-corrected chi connectivity index (χ1v) is 19.6. The summed E-state index contributed by atoms with van der Waals surface area (Å²) in [6, 6.07) is 13.8. The average Bonchev–Trinajstić information content (AvgIpc) is 3.92. The number of nitrogens with zero attached hydrogens (tertiary/aromatic N) is 2. The van der Waals surface area contributed by atoms with Crippen LogP contribution in [0.15, 0.2) is 42.5 Å². The number of aromatic amines is 2. The van der Waals surface area contributed by atoms with Crippen molar-refractivity contribution >= 4 is 62.3 Å². The maximum absolute atomic E-state index is 13.4. The molecule has 0 spiro atoms. The average molecular weight is 757 g/mol. The number of hydrogen-bond donors (Lipinski definition) is 2. The van der Waals surface area contributed by atoms with Crippen LogP contribution in [0.2, 0.25) is 0 Å². The quantitative estimate of drug-likeness (QED) is 0.108. The summed E-state index contributed by atoms with van der Waals surface area (Å²) in [5.41, 5.74) is 17.2. The van der Waals surface area contributed by atoms with E-state index >= 15 is 0 Å². The summed E-state index contributed by atoms with van der Waals surface area (Å²) >= 11 is 0. The first-order chi connectivity index (χ1) is 27.0. The van der Waals surface area contributed by atoms with Gasteiger partial charge in [0.05, 0.1) is 55.2 Å². The van der Waals surface area contributed by atoms with Crippen LogP contribution in [-0.4, -0.2) is 59.2 Å². The van der Waals surface area contributed by atoms with Crippen LogP contribution in [0.1, 0.15) is 122 Å². The minimum Gasteiger partial charge on any atom is -0.469 e. The fourth-order valence-corrected chi connectivity index (χ4v) is 8.29. The van der Waals surface area contributed by atoms with Gasteiger partial charge in [0.1, 0.15) is 0 Å². The molecule has 2 aliphatic heterocycles. The lowest BCUT2D eigenvalue weighted by Crippen LogP contribution is -2.04. The molecule has 2 aliphatic rings. The van der Waals surface area contributed by atoms with Crippen LogP contribution in [0.25, 0.3) is 55.5 Å². The van der Waals surface area contributed by atoms with E-state index in [0.29, 0.717) is 18.4 Å². The Morgan fingerprint density at radius 1 is 0.625 bits per heavy atom. The predicted molar refractivity (Wildman–Crippen MR) is 223 cm³/mol. The highest BCUT2D eigenvalue weighted by Gasteiger charge is 2.27. The van der Waals surface area contributed by atoms with Crippen molar-refractivity contribution in [3.8, 4) is 11.1 Å². The zero-order valence-electron chi connectivity index (χ0n) is 34.0. The van der Waals surface area contributed by atoms with E-state index in [1.54, 1.807) is 0 Å². The van der Waals surface area contributed by atoms with E-state index in [1.165, 1.54) is 21.3 Å². The molecule has 1 aromatic carbocycles. The topological polar surface area (TPSA) is 136 Å². The maximum atomic E-state index is 13.4. The molecule has 10 nitrogen and oxygen atoms in total. The Labute approximate surface area is 328 Å². The number of hydrogen-bond acceptors (Lipinski definition) is 8. The molecular weight excluding hydrogens is 705 g/mol. The number of benzene rings is 1. The van der Waals surface area contributed by atoms with E-state index in [2.05, 4.69) is 56.7 Å². The van der Waals surface area contributed by atoms with Gasteiger partial charge in [-0.1, -0.05) is 45.9 Å². The number of carbonyl (C=O) groups excluding carboxylic acids is 3. The van der Waals surface area contributed by atoms with Crippen LogP contribution in [0.5, 0.6) is 0 Å². The number of ether oxygens (including phenoxy) is 3. The summed E-state index contributed by atoms with van der Waals surface area (Å²) in [6.07, 6.45) is 4.29. The number of aryl methyl sites for hydroxylation is 4. The van der Waals surface area contributed by atoms with Crippen LogP contribution in [0, 0.1) is 6.92 Å². The van der Waals surface area contributed by atoms with Crippen molar-refractivity contribution in [3.63, 3.8) is 0 Å². The van der Waals surface area contributed by atoms with Crippen LogP contribution in [0.4, 0.5) is 0 Å².